The van der Waals surface area contributed by atoms with E-state index in [4.69, 9.17) is 45.8 Å². The van der Waals surface area contributed by atoms with Crippen LogP contribution in [0.15, 0.2) is 20.0 Å². The van der Waals surface area contributed by atoms with E-state index in [1.54, 1.807) is 0 Å². The Morgan fingerprint density at radius 2 is 1.98 bits per heavy atom. The fraction of sp³-hybridized carbons (Fsp3) is 0.581. The molecule has 1 spiro atoms. The van der Waals surface area contributed by atoms with Crippen molar-refractivity contribution in [1.82, 2.24) is 19.5 Å². The number of carbonyl (C=O) groups excluding carboxylic acids is 3. The molecule has 17 heteroatoms. The summed E-state index contributed by atoms with van der Waals surface area (Å²) in [4.78, 5) is 61.5. The lowest BCUT2D eigenvalue weighted by Crippen LogP contribution is -2.51. The number of aliphatic hydroxyl groups excluding tert-OH is 1. The highest BCUT2D eigenvalue weighted by Crippen LogP contribution is 2.58. The minimum atomic E-state index is -1.68. The molecule has 0 radical (unpaired) electrons. The Hall–Kier alpha value is -4.46. The molecular formula is C31H36ClN5O11. The first-order valence-electron chi connectivity index (χ1n) is 15.2. The van der Waals surface area contributed by atoms with Gasteiger partial charge >= 0.3 is 23.9 Å². The van der Waals surface area contributed by atoms with Crippen molar-refractivity contribution in [2.45, 2.75) is 89.8 Å². The number of rotatable bonds is 13. The molecule has 0 saturated heterocycles. The fourth-order valence-electron chi connectivity index (χ4n) is 5.95. The number of amides is 1. The zero-order valence-corrected chi connectivity index (χ0v) is 27.6. The van der Waals surface area contributed by atoms with Gasteiger partial charge in [0.1, 0.15) is 18.3 Å². The molecule has 1 amide bonds. The van der Waals surface area contributed by atoms with Gasteiger partial charge in [-0.15, -0.1) is 6.42 Å². The number of hydrogen-bond donors (Lipinski definition) is 2. The zero-order chi connectivity index (χ0) is 34.9. The van der Waals surface area contributed by atoms with Crippen LogP contribution in [0.1, 0.15) is 63.9 Å². The summed E-state index contributed by atoms with van der Waals surface area (Å²) in [5, 5.41) is 13.4. The number of halogens is 1. The molecule has 0 bridgehead atoms. The lowest BCUT2D eigenvalue weighted by molar-refractivity contribution is -0.172. The zero-order valence-electron chi connectivity index (χ0n) is 26.9. The predicted molar refractivity (Wildman–Crippen MR) is 165 cm³/mol. The summed E-state index contributed by atoms with van der Waals surface area (Å²) in [6.07, 6.45) is 9.44. The number of carbonyl (C=O) groups is 3. The van der Waals surface area contributed by atoms with Crippen molar-refractivity contribution in [3.63, 3.8) is 0 Å². The molecule has 2 fully saturated rings. The van der Waals surface area contributed by atoms with Gasteiger partial charge in [0.05, 0.1) is 25.2 Å². The van der Waals surface area contributed by atoms with Gasteiger partial charge in [-0.1, -0.05) is 12.3 Å². The van der Waals surface area contributed by atoms with Gasteiger partial charge in [-0.3, -0.25) is 14.9 Å². The fourth-order valence-corrected chi connectivity index (χ4v) is 6.12. The van der Waals surface area contributed by atoms with Gasteiger partial charge in [0, 0.05) is 7.11 Å². The number of terminal acetylenes is 1. The molecule has 258 valence electrons. The summed E-state index contributed by atoms with van der Waals surface area (Å²) in [5.41, 5.74) is -2.50. The first kappa shape index (κ1) is 34.9. The monoisotopic (exact) mass is 689 g/mol. The Morgan fingerprint density at radius 3 is 2.58 bits per heavy atom. The quantitative estimate of drug-likeness (QED) is 0.114. The van der Waals surface area contributed by atoms with Gasteiger partial charge in [-0.25, -0.2) is 14.6 Å². The molecule has 0 aromatic carbocycles. The number of aryl methyl sites for hydroxylation is 1. The number of hydrogen-bond acceptors (Lipinski definition) is 14. The number of nitrogens with one attached hydrogen (secondary N) is 1. The average molecular weight is 690 g/mol. The maximum absolute atomic E-state index is 12.8. The van der Waals surface area contributed by atoms with Crippen molar-refractivity contribution in [2.75, 3.05) is 19.0 Å². The summed E-state index contributed by atoms with van der Waals surface area (Å²) < 4.78 is 32.5. The minimum Gasteiger partial charge on any atom is -0.461 e. The third-order valence-corrected chi connectivity index (χ3v) is 9.02. The van der Waals surface area contributed by atoms with E-state index >= 15 is 0 Å². The first-order chi connectivity index (χ1) is 22.7. The molecule has 2 N–H and O–H groups in total. The highest BCUT2D eigenvalue weighted by molar-refractivity contribution is 6.28. The van der Waals surface area contributed by atoms with Crippen LogP contribution in [0.25, 0.3) is 11.2 Å². The lowest BCUT2D eigenvalue weighted by atomic mass is 9.52. The predicted octanol–water partition coefficient (Wildman–Crippen LogP) is 3.30. The smallest absolute Gasteiger partial charge is 0.461 e. The van der Waals surface area contributed by atoms with Gasteiger partial charge in [-0.05, 0) is 63.5 Å². The highest BCUT2D eigenvalue weighted by atomic mass is 35.5. The molecular weight excluding hydrogens is 654 g/mol. The summed E-state index contributed by atoms with van der Waals surface area (Å²) >= 11 is 6.16. The van der Waals surface area contributed by atoms with E-state index in [9.17, 15) is 24.3 Å². The van der Waals surface area contributed by atoms with E-state index < -0.39 is 35.2 Å². The maximum atomic E-state index is 12.8. The van der Waals surface area contributed by atoms with Crippen LogP contribution >= 0.6 is 11.6 Å². The van der Waals surface area contributed by atoms with E-state index in [1.165, 1.54) is 45.2 Å². The van der Waals surface area contributed by atoms with E-state index in [0.717, 1.165) is 25.7 Å². The number of esters is 2. The van der Waals surface area contributed by atoms with Crippen molar-refractivity contribution in [3.05, 3.63) is 33.7 Å². The largest absolute Gasteiger partial charge is 0.519 e. The average Bonchev–Trinajstić information content (AvgIpc) is 3.51. The number of aromatic nitrogens is 4. The molecule has 2 aliphatic carbocycles. The Morgan fingerprint density at radius 1 is 1.25 bits per heavy atom. The van der Waals surface area contributed by atoms with Crippen LogP contribution in [-0.2, 0) is 41.7 Å². The molecule has 5 rings (SSSR count). The number of nitrogens with zero attached hydrogens (tertiary/aromatic N) is 4. The molecule has 3 heterocycles. The van der Waals surface area contributed by atoms with Crippen LogP contribution in [0.2, 0.25) is 5.28 Å². The van der Waals surface area contributed by atoms with Crippen LogP contribution < -0.4 is 11.1 Å². The minimum absolute atomic E-state index is 0.0579. The molecule has 16 nitrogen and oxygen atoms in total. The SMILES string of the molecule is C#CC(COC(=O)C1CC2(CCC2)C1)(OC)[C@@H](O)Cn1cnc2c(NC(=O)OC(C)(C)CC(=O)OCc3oc(=O)oc3C)nc(Cl)nc21. The van der Waals surface area contributed by atoms with Gasteiger partial charge in [0.2, 0.25) is 5.28 Å². The number of methoxy groups -OCH3 is 1. The number of imidazole rings is 1. The molecule has 2 atom stereocenters. The lowest BCUT2D eigenvalue weighted by Gasteiger charge is -2.53. The van der Waals surface area contributed by atoms with Crippen molar-refractivity contribution in [1.29, 1.82) is 0 Å². The third kappa shape index (κ3) is 7.48. The second kappa shape index (κ2) is 13.6. The van der Waals surface area contributed by atoms with E-state index in [1.807, 2.05) is 0 Å². The maximum Gasteiger partial charge on any atom is 0.519 e. The number of aliphatic hydroxyl groups is 1. The summed E-state index contributed by atoms with van der Waals surface area (Å²) in [6.45, 7) is 3.54. The van der Waals surface area contributed by atoms with Crippen molar-refractivity contribution >= 4 is 46.6 Å². The topological polar surface area (TPSA) is 207 Å². The second-order valence-corrected chi connectivity index (χ2v) is 13.1. The standard InChI is InChI=1S/C31H36ClN5O11/c1-6-31(43-5,15-45-25(40)18-10-30(11-18)8-7-9-30)20(38)13-37-16-33-22-23(34-26(32)36-24(22)37)35-27(41)48-29(3,4)12-21(39)44-14-19-17(2)46-28(42)47-19/h1,16,18,20,38H,7-15H2,2-5H3,(H,34,35,36,41)/t20-,31?/m0/s1. The van der Waals surface area contributed by atoms with Crippen LogP contribution in [-0.4, -0.2) is 73.7 Å². The van der Waals surface area contributed by atoms with Crippen molar-refractivity contribution < 1.29 is 47.3 Å². The number of fused-ring (bicyclic) bond motifs is 1. The molecule has 2 aliphatic rings. The molecule has 3 aromatic rings. The van der Waals surface area contributed by atoms with Crippen LogP contribution in [0.3, 0.4) is 0 Å². The highest BCUT2D eigenvalue weighted by Gasteiger charge is 2.51. The Kier molecular flexibility index (Phi) is 9.86. The van der Waals surface area contributed by atoms with Gasteiger partial charge in [0.15, 0.2) is 40.7 Å². The van der Waals surface area contributed by atoms with Gasteiger partial charge < -0.3 is 37.5 Å². The van der Waals surface area contributed by atoms with E-state index in [2.05, 4.69) is 26.2 Å². The Balaban J connectivity index is 1.20. The van der Waals surface area contributed by atoms with Gasteiger partial charge in [-0.2, -0.15) is 9.97 Å². The summed E-state index contributed by atoms with van der Waals surface area (Å²) in [6, 6.07) is 0. The molecule has 0 aliphatic heterocycles. The number of anilines is 1. The van der Waals surface area contributed by atoms with Crippen LogP contribution in [0.4, 0.5) is 10.6 Å². The van der Waals surface area contributed by atoms with Crippen LogP contribution in [0.5, 0.6) is 0 Å². The van der Waals surface area contributed by atoms with Crippen molar-refractivity contribution in [2.24, 2.45) is 11.3 Å². The molecule has 2 saturated carbocycles. The molecule has 3 aromatic heterocycles. The van der Waals surface area contributed by atoms with E-state index in [-0.39, 0.29) is 77.3 Å². The van der Waals surface area contributed by atoms with Crippen molar-refractivity contribution in [3.8, 4) is 12.3 Å². The van der Waals surface area contributed by atoms with E-state index in [0.29, 0.717) is 0 Å². The number of ether oxygens (including phenoxy) is 4. The summed E-state index contributed by atoms with van der Waals surface area (Å²) in [5.74, 6) is 0.337. The normalized spacial score (nSPS) is 17.4. The third-order valence-electron chi connectivity index (χ3n) is 8.85. The Labute approximate surface area is 279 Å². The molecule has 1 unspecified atom stereocenters. The van der Waals surface area contributed by atoms with Crippen LogP contribution in [0, 0.1) is 30.6 Å². The molecule has 48 heavy (non-hydrogen) atoms. The first-order valence-corrected chi connectivity index (χ1v) is 15.6. The Bertz CT molecular complexity index is 1800. The summed E-state index contributed by atoms with van der Waals surface area (Å²) in [7, 11) is 1.31. The second-order valence-electron chi connectivity index (χ2n) is 12.8. The van der Waals surface area contributed by atoms with Gasteiger partial charge in [0.25, 0.3) is 0 Å².